The van der Waals surface area contributed by atoms with Gasteiger partial charge in [-0.25, -0.2) is 4.39 Å². The Morgan fingerprint density at radius 3 is 2.89 bits per heavy atom. The minimum absolute atomic E-state index is 0.153. The second-order valence-corrected chi connectivity index (χ2v) is 11.3. The van der Waals surface area contributed by atoms with Crippen LogP contribution in [-0.4, -0.2) is 53.5 Å². The summed E-state index contributed by atoms with van der Waals surface area (Å²) < 4.78 is 20.9. The van der Waals surface area contributed by atoms with Crippen LogP contribution in [0.2, 0.25) is 5.02 Å². The molecule has 2 heterocycles. The number of hydrogen-bond donors (Lipinski definition) is 1. The SMILES string of the molecule is COc1ccc2nccc([C@H](F)CC[C@@H]3CCN(CCSc4cccc(Cl)c4)C[C@H]3CCC(=O)O)c2c1. The molecule has 1 saturated heterocycles. The van der Waals surface area contributed by atoms with Crippen molar-refractivity contribution >= 4 is 40.2 Å². The molecule has 0 spiro atoms. The first-order chi connectivity index (χ1) is 17.9. The van der Waals surface area contributed by atoms with Gasteiger partial charge >= 0.3 is 5.97 Å². The van der Waals surface area contributed by atoms with E-state index in [9.17, 15) is 9.90 Å². The summed E-state index contributed by atoms with van der Waals surface area (Å²) in [7, 11) is 1.60. The number of aliphatic carboxylic acids is 1. The molecular formula is C29H34ClFN2O3S. The van der Waals surface area contributed by atoms with Crippen LogP contribution < -0.4 is 4.74 Å². The smallest absolute Gasteiger partial charge is 0.303 e. The molecule has 1 aliphatic heterocycles. The van der Waals surface area contributed by atoms with Crippen molar-refractivity contribution in [2.24, 2.45) is 11.8 Å². The first-order valence-corrected chi connectivity index (χ1v) is 14.2. The maximum absolute atomic E-state index is 15.5. The van der Waals surface area contributed by atoms with Crippen molar-refractivity contribution in [3.05, 3.63) is 65.3 Å². The van der Waals surface area contributed by atoms with Gasteiger partial charge in [-0.2, -0.15) is 0 Å². The van der Waals surface area contributed by atoms with Crippen molar-refractivity contribution in [1.82, 2.24) is 9.88 Å². The zero-order chi connectivity index (χ0) is 26.2. The lowest BCUT2D eigenvalue weighted by molar-refractivity contribution is -0.137. The first kappa shape index (κ1) is 27.7. The maximum atomic E-state index is 15.5. The number of pyridine rings is 1. The second kappa shape index (κ2) is 13.4. The summed E-state index contributed by atoms with van der Waals surface area (Å²) in [5, 5.41) is 10.8. The van der Waals surface area contributed by atoms with Crippen molar-refractivity contribution in [2.45, 2.75) is 43.2 Å². The van der Waals surface area contributed by atoms with Gasteiger partial charge in [-0.05, 0) is 92.1 Å². The van der Waals surface area contributed by atoms with Gasteiger partial charge in [0, 0.05) is 46.8 Å². The minimum Gasteiger partial charge on any atom is -0.497 e. The van der Waals surface area contributed by atoms with Crippen LogP contribution in [0, 0.1) is 11.8 Å². The second-order valence-electron chi connectivity index (χ2n) is 9.68. The average molecular weight is 545 g/mol. The van der Waals surface area contributed by atoms with Crippen molar-refractivity contribution in [1.29, 1.82) is 0 Å². The highest BCUT2D eigenvalue weighted by Gasteiger charge is 2.30. The van der Waals surface area contributed by atoms with E-state index >= 15 is 4.39 Å². The van der Waals surface area contributed by atoms with E-state index < -0.39 is 12.1 Å². The molecule has 1 aliphatic rings. The van der Waals surface area contributed by atoms with Gasteiger partial charge < -0.3 is 14.7 Å². The van der Waals surface area contributed by atoms with E-state index in [0.29, 0.717) is 30.1 Å². The zero-order valence-electron chi connectivity index (χ0n) is 21.1. The molecule has 1 fully saturated rings. The van der Waals surface area contributed by atoms with Gasteiger partial charge in [-0.3, -0.25) is 9.78 Å². The number of alkyl halides is 1. The van der Waals surface area contributed by atoms with Crippen LogP contribution in [0.5, 0.6) is 5.75 Å². The molecule has 4 rings (SSSR count). The summed E-state index contributed by atoms with van der Waals surface area (Å²) in [6.07, 6.45) is 3.45. The largest absolute Gasteiger partial charge is 0.497 e. The highest BCUT2D eigenvalue weighted by Crippen LogP contribution is 2.36. The third-order valence-electron chi connectivity index (χ3n) is 7.29. The van der Waals surface area contributed by atoms with E-state index in [2.05, 4.69) is 16.0 Å². The average Bonchev–Trinajstić information content (AvgIpc) is 2.90. The highest BCUT2D eigenvalue weighted by atomic mass is 35.5. The number of thioether (sulfide) groups is 1. The lowest BCUT2D eigenvalue weighted by Crippen LogP contribution is -2.41. The number of carboxylic acid groups (broad SMARTS) is 1. The Hall–Kier alpha value is -2.35. The van der Waals surface area contributed by atoms with Crippen LogP contribution in [0.15, 0.2) is 59.6 Å². The summed E-state index contributed by atoms with van der Waals surface area (Å²) in [6, 6.07) is 15.2. The molecule has 1 N–H and O–H groups in total. The van der Waals surface area contributed by atoms with Gasteiger partial charge in [0.05, 0.1) is 12.6 Å². The molecule has 2 aromatic carbocycles. The number of likely N-dealkylation sites (tertiary alicyclic amines) is 1. The van der Waals surface area contributed by atoms with Gasteiger partial charge in [0.2, 0.25) is 0 Å². The number of rotatable bonds is 12. The van der Waals surface area contributed by atoms with E-state index in [-0.39, 0.29) is 12.3 Å². The number of methoxy groups -OCH3 is 1. The summed E-state index contributed by atoms with van der Waals surface area (Å²) in [6.45, 7) is 2.75. The van der Waals surface area contributed by atoms with Crippen LogP contribution in [-0.2, 0) is 4.79 Å². The molecule has 0 aliphatic carbocycles. The minimum atomic E-state index is -1.11. The highest BCUT2D eigenvalue weighted by molar-refractivity contribution is 7.99. The van der Waals surface area contributed by atoms with Crippen molar-refractivity contribution < 1.29 is 19.0 Å². The Kier molecular flexibility index (Phi) is 10.1. The Labute approximate surface area is 227 Å². The molecule has 0 unspecified atom stereocenters. The molecule has 198 valence electrons. The number of aromatic nitrogens is 1. The normalized spacial score (nSPS) is 19.1. The Morgan fingerprint density at radius 1 is 1.24 bits per heavy atom. The van der Waals surface area contributed by atoms with Crippen LogP contribution in [0.3, 0.4) is 0 Å². The molecule has 5 nitrogen and oxygen atoms in total. The number of carbonyl (C=O) groups is 1. The van der Waals surface area contributed by atoms with Crippen LogP contribution >= 0.6 is 23.4 Å². The predicted molar refractivity (Wildman–Crippen MR) is 148 cm³/mol. The molecule has 3 aromatic rings. The number of benzene rings is 2. The number of carboxylic acids is 1. The summed E-state index contributed by atoms with van der Waals surface area (Å²) in [4.78, 5) is 19.3. The van der Waals surface area contributed by atoms with Crippen molar-refractivity contribution in [3.63, 3.8) is 0 Å². The van der Waals surface area contributed by atoms with Crippen LogP contribution in [0.25, 0.3) is 10.9 Å². The summed E-state index contributed by atoms with van der Waals surface area (Å²) in [5.41, 5.74) is 1.39. The number of halogens is 2. The lowest BCUT2D eigenvalue weighted by Gasteiger charge is -2.39. The van der Waals surface area contributed by atoms with Gasteiger partial charge in [-0.15, -0.1) is 11.8 Å². The fraction of sp³-hybridized carbons (Fsp3) is 0.448. The van der Waals surface area contributed by atoms with E-state index in [1.165, 1.54) is 0 Å². The number of ether oxygens (including phenoxy) is 1. The standard InChI is InChI=1S/C29H34ClFN2O3S/c1-36-23-7-9-28-26(18-23)25(11-13-32-28)27(31)8-5-20-12-14-33(19-21(20)6-10-29(34)35)15-16-37-24-4-2-3-22(30)17-24/h2-4,7,9,11,13,17-18,20-21,27H,5-6,8,10,12,14-16,19H2,1H3,(H,34,35)/t20-,21-,27-/m1/s1. The molecular weight excluding hydrogens is 511 g/mol. The maximum Gasteiger partial charge on any atom is 0.303 e. The quantitative estimate of drug-likeness (QED) is 0.242. The molecule has 0 bridgehead atoms. The molecule has 1 aromatic heterocycles. The summed E-state index contributed by atoms with van der Waals surface area (Å²) >= 11 is 7.87. The Morgan fingerprint density at radius 2 is 2.11 bits per heavy atom. The van der Waals surface area contributed by atoms with E-state index in [1.54, 1.807) is 31.1 Å². The Balaban J connectivity index is 1.35. The zero-order valence-corrected chi connectivity index (χ0v) is 22.7. The van der Waals surface area contributed by atoms with Gasteiger partial charge in [0.15, 0.2) is 0 Å². The van der Waals surface area contributed by atoms with Crippen molar-refractivity contribution in [3.8, 4) is 5.75 Å². The van der Waals surface area contributed by atoms with Gasteiger partial charge in [0.25, 0.3) is 0 Å². The number of nitrogens with zero attached hydrogens (tertiary/aromatic N) is 2. The van der Waals surface area contributed by atoms with Crippen LogP contribution in [0.1, 0.15) is 43.8 Å². The number of piperidine rings is 1. The van der Waals surface area contributed by atoms with Gasteiger partial charge in [0.1, 0.15) is 11.9 Å². The molecule has 0 saturated carbocycles. The van der Waals surface area contributed by atoms with Crippen molar-refractivity contribution in [2.75, 3.05) is 32.5 Å². The lowest BCUT2D eigenvalue weighted by atomic mass is 9.79. The predicted octanol–water partition coefficient (Wildman–Crippen LogP) is 7.28. The van der Waals surface area contributed by atoms with E-state index in [1.807, 2.05) is 36.4 Å². The third kappa shape index (κ3) is 7.82. The monoisotopic (exact) mass is 544 g/mol. The Bertz CT molecular complexity index is 1200. The number of fused-ring (bicyclic) bond motifs is 1. The third-order valence-corrected chi connectivity index (χ3v) is 8.50. The number of hydrogen-bond acceptors (Lipinski definition) is 5. The summed E-state index contributed by atoms with van der Waals surface area (Å²) in [5.74, 6) is 1.43. The molecule has 8 heteroatoms. The molecule has 0 radical (unpaired) electrons. The fourth-order valence-electron chi connectivity index (χ4n) is 5.29. The van der Waals surface area contributed by atoms with E-state index in [0.717, 1.165) is 59.0 Å². The first-order valence-electron chi connectivity index (χ1n) is 12.8. The molecule has 37 heavy (non-hydrogen) atoms. The van der Waals surface area contributed by atoms with Gasteiger partial charge in [-0.1, -0.05) is 17.7 Å². The van der Waals surface area contributed by atoms with E-state index in [4.69, 9.17) is 16.3 Å². The fourth-order valence-corrected chi connectivity index (χ4v) is 6.51. The van der Waals surface area contributed by atoms with Crippen LogP contribution in [0.4, 0.5) is 4.39 Å². The topological polar surface area (TPSA) is 62.7 Å². The molecule has 3 atom stereocenters. The molecule has 0 amide bonds.